The van der Waals surface area contributed by atoms with Crippen LogP contribution in [0.5, 0.6) is 17.4 Å². The van der Waals surface area contributed by atoms with Gasteiger partial charge in [-0.1, -0.05) is 6.07 Å². The maximum atomic E-state index is 11.5. The number of amides is 1. The zero-order valence-electron chi connectivity index (χ0n) is 16.7. The molecule has 152 valence electrons. The van der Waals surface area contributed by atoms with Crippen LogP contribution in [0.15, 0.2) is 30.6 Å². The molecule has 3 aromatic rings. The molecule has 0 radical (unpaired) electrons. The van der Waals surface area contributed by atoms with Crippen LogP contribution in [-0.4, -0.2) is 47.7 Å². The molecule has 0 aliphatic carbocycles. The molecule has 1 amide bonds. The van der Waals surface area contributed by atoms with E-state index >= 15 is 0 Å². The standard InChI is InChI=1S/C21H24N4O4/c1-12(14-8-19(26)22-10-14)29-21-20-16(23-11-24-20)9-15(25-21)6-13-4-5-17(27-2)18(7-13)28-3/h4-5,7,9,11-12,14H,6,8,10H2,1-3H3,(H,22,26)(H,23,24)/t12-,14-/m1/s1. The van der Waals surface area contributed by atoms with Crippen LogP contribution in [0.1, 0.15) is 24.6 Å². The number of nitrogens with zero attached hydrogens (tertiary/aromatic N) is 2. The van der Waals surface area contributed by atoms with Gasteiger partial charge in [0.25, 0.3) is 0 Å². The van der Waals surface area contributed by atoms with Crippen molar-refractivity contribution in [1.82, 2.24) is 20.3 Å². The van der Waals surface area contributed by atoms with Crippen molar-refractivity contribution in [2.24, 2.45) is 5.92 Å². The Balaban J connectivity index is 1.60. The zero-order chi connectivity index (χ0) is 20.4. The van der Waals surface area contributed by atoms with Gasteiger partial charge in [0, 0.05) is 25.3 Å². The van der Waals surface area contributed by atoms with Gasteiger partial charge in [0.15, 0.2) is 17.0 Å². The molecule has 1 aliphatic rings. The summed E-state index contributed by atoms with van der Waals surface area (Å²) in [7, 11) is 3.23. The smallest absolute Gasteiger partial charge is 0.242 e. The molecule has 0 unspecified atom stereocenters. The topological polar surface area (TPSA) is 98.4 Å². The largest absolute Gasteiger partial charge is 0.493 e. The molecule has 2 aromatic heterocycles. The molecule has 1 aliphatic heterocycles. The number of methoxy groups -OCH3 is 2. The minimum atomic E-state index is -0.155. The molecule has 0 spiro atoms. The molecule has 0 saturated carbocycles. The lowest BCUT2D eigenvalue weighted by Crippen LogP contribution is -2.26. The average molecular weight is 396 g/mol. The summed E-state index contributed by atoms with van der Waals surface area (Å²) < 4.78 is 16.8. The Bertz CT molecular complexity index is 1030. The van der Waals surface area contributed by atoms with Gasteiger partial charge >= 0.3 is 0 Å². The number of ether oxygens (including phenoxy) is 3. The molecule has 0 bridgehead atoms. The number of aromatic nitrogens is 3. The Morgan fingerprint density at radius 2 is 2.03 bits per heavy atom. The maximum absolute atomic E-state index is 11.5. The van der Waals surface area contributed by atoms with E-state index in [1.165, 1.54) is 0 Å². The SMILES string of the molecule is COc1ccc(Cc2cc3[nH]cnc3c(O[C@H](C)[C@H]3CNC(=O)C3)n2)cc1OC. The van der Waals surface area contributed by atoms with Gasteiger partial charge in [0.2, 0.25) is 11.8 Å². The van der Waals surface area contributed by atoms with Crippen molar-refractivity contribution in [2.45, 2.75) is 25.9 Å². The second-order valence-corrected chi connectivity index (χ2v) is 7.17. The van der Waals surface area contributed by atoms with Crippen molar-refractivity contribution >= 4 is 16.9 Å². The molecule has 3 heterocycles. The number of H-pyrrole nitrogens is 1. The zero-order valence-corrected chi connectivity index (χ0v) is 16.7. The third-order valence-electron chi connectivity index (χ3n) is 5.23. The van der Waals surface area contributed by atoms with E-state index in [1.807, 2.05) is 31.2 Å². The van der Waals surface area contributed by atoms with Gasteiger partial charge in [-0.05, 0) is 30.7 Å². The molecule has 1 fully saturated rings. The first-order valence-corrected chi connectivity index (χ1v) is 9.54. The van der Waals surface area contributed by atoms with Gasteiger partial charge < -0.3 is 24.5 Å². The highest BCUT2D eigenvalue weighted by Gasteiger charge is 2.29. The number of nitrogens with one attached hydrogen (secondary N) is 2. The average Bonchev–Trinajstić information content (AvgIpc) is 3.37. The van der Waals surface area contributed by atoms with E-state index in [-0.39, 0.29) is 17.9 Å². The summed E-state index contributed by atoms with van der Waals surface area (Å²) in [6, 6.07) is 7.78. The number of hydrogen-bond donors (Lipinski definition) is 2. The highest BCUT2D eigenvalue weighted by atomic mass is 16.5. The Morgan fingerprint density at radius 1 is 1.21 bits per heavy atom. The van der Waals surface area contributed by atoms with E-state index in [9.17, 15) is 4.79 Å². The first-order valence-electron chi connectivity index (χ1n) is 9.54. The summed E-state index contributed by atoms with van der Waals surface area (Å²) in [6.45, 7) is 2.58. The predicted molar refractivity (Wildman–Crippen MR) is 107 cm³/mol. The Morgan fingerprint density at radius 3 is 2.76 bits per heavy atom. The Labute approximate surface area is 168 Å². The number of fused-ring (bicyclic) bond motifs is 1. The van der Waals surface area contributed by atoms with E-state index < -0.39 is 0 Å². The number of benzene rings is 1. The highest BCUT2D eigenvalue weighted by Crippen LogP contribution is 2.30. The van der Waals surface area contributed by atoms with Crippen LogP contribution in [0.25, 0.3) is 11.0 Å². The molecular formula is C21H24N4O4. The lowest BCUT2D eigenvalue weighted by atomic mass is 10.0. The fraction of sp³-hybridized carbons (Fsp3) is 0.381. The number of hydrogen-bond acceptors (Lipinski definition) is 6. The minimum absolute atomic E-state index is 0.0607. The fourth-order valence-electron chi connectivity index (χ4n) is 3.57. The van der Waals surface area contributed by atoms with Crippen molar-refractivity contribution in [3.05, 3.63) is 41.9 Å². The van der Waals surface area contributed by atoms with Crippen LogP contribution in [0.4, 0.5) is 0 Å². The quantitative estimate of drug-likeness (QED) is 0.637. The van der Waals surface area contributed by atoms with Gasteiger partial charge in [-0.25, -0.2) is 9.97 Å². The first-order chi connectivity index (χ1) is 14.1. The van der Waals surface area contributed by atoms with Crippen LogP contribution in [-0.2, 0) is 11.2 Å². The summed E-state index contributed by atoms with van der Waals surface area (Å²) in [6.07, 6.45) is 2.54. The van der Waals surface area contributed by atoms with E-state index in [4.69, 9.17) is 19.2 Å². The lowest BCUT2D eigenvalue weighted by molar-refractivity contribution is -0.119. The van der Waals surface area contributed by atoms with Gasteiger partial charge in [-0.3, -0.25) is 4.79 Å². The van der Waals surface area contributed by atoms with Gasteiger partial charge in [-0.2, -0.15) is 0 Å². The number of carbonyl (C=O) groups excluding carboxylic acids is 1. The normalized spacial score (nSPS) is 17.2. The molecule has 29 heavy (non-hydrogen) atoms. The number of imidazole rings is 1. The summed E-state index contributed by atoms with van der Waals surface area (Å²) in [4.78, 5) is 23.7. The molecule has 4 rings (SSSR count). The van der Waals surface area contributed by atoms with Crippen LogP contribution < -0.4 is 19.5 Å². The molecule has 2 atom stereocenters. The Kier molecular flexibility index (Phi) is 5.24. The second-order valence-electron chi connectivity index (χ2n) is 7.17. The van der Waals surface area contributed by atoms with Crippen molar-refractivity contribution < 1.29 is 19.0 Å². The van der Waals surface area contributed by atoms with Gasteiger partial charge in [0.05, 0.1) is 31.8 Å². The lowest BCUT2D eigenvalue weighted by Gasteiger charge is -2.19. The van der Waals surface area contributed by atoms with Crippen LogP contribution >= 0.6 is 0 Å². The number of carbonyl (C=O) groups is 1. The molecule has 1 aromatic carbocycles. The summed E-state index contributed by atoms with van der Waals surface area (Å²) in [5, 5.41) is 2.85. The maximum Gasteiger partial charge on any atom is 0.242 e. The molecule has 8 heteroatoms. The Hall–Kier alpha value is -3.29. The predicted octanol–water partition coefficient (Wildman–Crippen LogP) is 2.47. The minimum Gasteiger partial charge on any atom is -0.493 e. The molecular weight excluding hydrogens is 372 g/mol. The van der Waals surface area contributed by atoms with E-state index in [1.54, 1.807) is 20.5 Å². The van der Waals surface area contributed by atoms with E-state index in [2.05, 4.69) is 15.3 Å². The second kappa shape index (κ2) is 7.98. The monoisotopic (exact) mass is 396 g/mol. The number of aromatic amines is 1. The number of rotatable bonds is 7. The van der Waals surface area contributed by atoms with Crippen molar-refractivity contribution in [3.63, 3.8) is 0 Å². The number of pyridine rings is 1. The van der Waals surface area contributed by atoms with E-state index in [0.29, 0.717) is 42.3 Å². The van der Waals surface area contributed by atoms with E-state index in [0.717, 1.165) is 16.8 Å². The first kappa shape index (κ1) is 19.0. The van der Waals surface area contributed by atoms with Crippen molar-refractivity contribution in [3.8, 4) is 17.4 Å². The summed E-state index contributed by atoms with van der Waals surface area (Å²) >= 11 is 0. The third-order valence-corrected chi connectivity index (χ3v) is 5.23. The summed E-state index contributed by atoms with van der Waals surface area (Å²) in [5.74, 6) is 2.02. The van der Waals surface area contributed by atoms with Crippen molar-refractivity contribution in [1.29, 1.82) is 0 Å². The molecule has 1 saturated heterocycles. The van der Waals surface area contributed by atoms with Crippen LogP contribution in [0, 0.1) is 5.92 Å². The van der Waals surface area contributed by atoms with Crippen molar-refractivity contribution in [2.75, 3.05) is 20.8 Å². The summed E-state index contributed by atoms with van der Waals surface area (Å²) in [5.41, 5.74) is 3.43. The third kappa shape index (κ3) is 3.96. The molecule has 8 nitrogen and oxygen atoms in total. The fourth-order valence-corrected chi connectivity index (χ4v) is 3.57. The molecule has 2 N–H and O–H groups in total. The van der Waals surface area contributed by atoms with Gasteiger partial charge in [0.1, 0.15) is 6.10 Å². The van der Waals surface area contributed by atoms with Gasteiger partial charge in [-0.15, -0.1) is 0 Å². The van der Waals surface area contributed by atoms with Crippen LogP contribution in [0.2, 0.25) is 0 Å². The highest BCUT2D eigenvalue weighted by molar-refractivity contribution is 5.80. The van der Waals surface area contributed by atoms with Crippen LogP contribution in [0.3, 0.4) is 0 Å².